The topological polar surface area (TPSA) is 69.6 Å². The molecule has 5 heteroatoms. The zero-order valence-electron chi connectivity index (χ0n) is 14.7. The lowest BCUT2D eigenvalue weighted by molar-refractivity contribution is -0.142. The van der Waals surface area contributed by atoms with Crippen molar-refractivity contribution in [3.63, 3.8) is 0 Å². The molecule has 2 N–H and O–H groups in total. The Hall–Kier alpha value is -1.88. The molecule has 0 aliphatic heterocycles. The molecule has 2 atom stereocenters. The fourth-order valence-corrected chi connectivity index (χ4v) is 2.57. The van der Waals surface area contributed by atoms with Crippen LogP contribution < -0.4 is 5.32 Å². The number of carboxylic acid groups (broad SMARTS) is 1. The summed E-state index contributed by atoms with van der Waals surface area (Å²) in [7, 11) is 3.56. The van der Waals surface area contributed by atoms with Crippen molar-refractivity contribution in [3.05, 3.63) is 35.4 Å². The minimum absolute atomic E-state index is 0.254. The van der Waals surface area contributed by atoms with Crippen molar-refractivity contribution >= 4 is 11.9 Å². The SMILES string of the molecule is CC(C)Cc1ccccc1[C@H](C)C(=O)N[C@H](CN(C)C)C(=O)O. The monoisotopic (exact) mass is 320 g/mol. The van der Waals surface area contributed by atoms with Gasteiger partial charge in [0.15, 0.2) is 0 Å². The van der Waals surface area contributed by atoms with Gasteiger partial charge in [0.2, 0.25) is 5.91 Å². The number of amides is 1. The van der Waals surface area contributed by atoms with E-state index in [1.165, 1.54) is 0 Å². The molecule has 0 spiro atoms. The second-order valence-corrected chi connectivity index (χ2v) is 6.68. The van der Waals surface area contributed by atoms with E-state index >= 15 is 0 Å². The number of rotatable bonds is 8. The van der Waals surface area contributed by atoms with Crippen LogP contribution in [0.4, 0.5) is 0 Å². The van der Waals surface area contributed by atoms with Crippen LogP contribution in [-0.2, 0) is 16.0 Å². The summed E-state index contributed by atoms with van der Waals surface area (Å²) in [4.78, 5) is 25.5. The fraction of sp³-hybridized carbons (Fsp3) is 0.556. The van der Waals surface area contributed by atoms with Gasteiger partial charge in [0.05, 0.1) is 5.92 Å². The van der Waals surface area contributed by atoms with E-state index < -0.39 is 12.0 Å². The number of carbonyl (C=O) groups is 2. The average molecular weight is 320 g/mol. The first-order chi connectivity index (χ1) is 10.7. The molecule has 0 unspecified atom stereocenters. The van der Waals surface area contributed by atoms with E-state index in [0.29, 0.717) is 5.92 Å². The Bertz CT molecular complexity index is 541. The van der Waals surface area contributed by atoms with Crippen molar-refractivity contribution in [2.75, 3.05) is 20.6 Å². The minimum Gasteiger partial charge on any atom is -0.480 e. The van der Waals surface area contributed by atoms with E-state index in [2.05, 4.69) is 19.2 Å². The molecule has 0 saturated heterocycles. The van der Waals surface area contributed by atoms with Gasteiger partial charge in [-0.3, -0.25) is 4.79 Å². The van der Waals surface area contributed by atoms with Crippen LogP contribution in [0, 0.1) is 5.92 Å². The predicted octanol–water partition coefficient (Wildman–Crippen LogP) is 2.12. The molecule has 1 aromatic rings. The highest BCUT2D eigenvalue weighted by Crippen LogP contribution is 2.22. The van der Waals surface area contributed by atoms with Crippen molar-refractivity contribution in [3.8, 4) is 0 Å². The highest BCUT2D eigenvalue weighted by Gasteiger charge is 2.25. The molecule has 0 aliphatic rings. The molecule has 0 bridgehead atoms. The van der Waals surface area contributed by atoms with Gasteiger partial charge in [0, 0.05) is 6.54 Å². The number of benzene rings is 1. The van der Waals surface area contributed by atoms with Crippen molar-refractivity contribution in [2.45, 2.75) is 39.2 Å². The molecule has 1 rings (SSSR count). The Balaban J connectivity index is 2.89. The van der Waals surface area contributed by atoms with E-state index in [1.54, 1.807) is 19.0 Å². The second kappa shape index (κ2) is 8.67. The summed E-state index contributed by atoms with van der Waals surface area (Å²) in [5.41, 5.74) is 2.11. The molecule has 0 heterocycles. The molecular weight excluding hydrogens is 292 g/mol. The highest BCUT2D eigenvalue weighted by atomic mass is 16.4. The molecule has 1 aromatic carbocycles. The maximum absolute atomic E-state index is 12.5. The standard InChI is InChI=1S/C18H28N2O3/c1-12(2)10-14-8-6-7-9-15(14)13(3)17(21)19-16(18(22)23)11-20(4)5/h6-9,12-13,16H,10-11H2,1-5H3,(H,19,21)(H,22,23)/t13-,16+/m0/s1. The molecule has 128 valence electrons. The molecule has 0 fully saturated rings. The Kier molecular flexibility index (Phi) is 7.23. The normalized spacial score (nSPS) is 13.9. The maximum atomic E-state index is 12.5. The summed E-state index contributed by atoms with van der Waals surface area (Å²) >= 11 is 0. The summed E-state index contributed by atoms with van der Waals surface area (Å²) in [6, 6.07) is 6.96. The molecule has 0 radical (unpaired) electrons. The Labute approximate surface area is 138 Å². The summed E-state index contributed by atoms with van der Waals surface area (Å²) in [5.74, 6) is -1.16. The smallest absolute Gasteiger partial charge is 0.327 e. The van der Waals surface area contributed by atoms with Crippen LogP contribution in [-0.4, -0.2) is 48.6 Å². The van der Waals surface area contributed by atoms with Crippen LogP contribution in [0.1, 0.15) is 37.8 Å². The Morgan fingerprint density at radius 2 is 1.78 bits per heavy atom. The number of hydrogen-bond donors (Lipinski definition) is 2. The third-order valence-corrected chi connectivity index (χ3v) is 3.71. The first-order valence-electron chi connectivity index (χ1n) is 7.98. The number of carboxylic acids is 1. The number of nitrogens with one attached hydrogen (secondary N) is 1. The molecule has 1 amide bonds. The van der Waals surface area contributed by atoms with Crippen molar-refractivity contribution in [1.29, 1.82) is 0 Å². The van der Waals surface area contributed by atoms with Crippen LogP contribution in [0.5, 0.6) is 0 Å². The van der Waals surface area contributed by atoms with E-state index in [1.807, 2.05) is 31.2 Å². The van der Waals surface area contributed by atoms with Gasteiger partial charge in [-0.1, -0.05) is 38.1 Å². The number of aliphatic carboxylic acids is 1. The van der Waals surface area contributed by atoms with Gasteiger partial charge in [-0.15, -0.1) is 0 Å². The number of nitrogens with zero attached hydrogens (tertiary/aromatic N) is 1. The number of likely N-dealkylation sites (N-methyl/N-ethyl adjacent to an activating group) is 1. The van der Waals surface area contributed by atoms with Gasteiger partial charge in [0.25, 0.3) is 0 Å². The molecule has 5 nitrogen and oxygen atoms in total. The van der Waals surface area contributed by atoms with Crippen LogP contribution >= 0.6 is 0 Å². The van der Waals surface area contributed by atoms with Crippen molar-refractivity contribution in [1.82, 2.24) is 10.2 Å². The second-order valence-electron chi connectivity index (χ2n) is 6.68. The lowest BCUT2D eigenvalue weighted by Crippen LogP contribution is -2.48. The van der Waals surface area contributed by atoms with Gasteiger partial charge in [0.1, 0.15) is 6.04 Å². The quantitative estimate of drug-likeness (QED) is 0.770. The first-order valence-corrected chi connectivity index (χ1v) is 7.98. The molecule has 0 aromatic heterocycles. The van der Waals surface area contributed by atoms with Crippen LogP contribution in [0.15, 0.2) is 24.3 Å². The van der Waals surface area contributed by atoms with Crippen LogP contribution in [0.25, 0.3) is 0 Å². The number of carbonyl (C=O) groups excluding carboxylic acids is 1. The maximum Gasteiger partial charge on any atom is 0.327 e. The van der Waals surface area contributed by atoms with Crippen molar-refractivity contribution < 1.29 is 14.7 Å². The Morgan fingerprint density at radius 3 is 2.30 bits per heavy atom. The van der Waals surface area contributed by atoms with E-state index in [9.17, 15) is 14.7 Å². The summed E-state index contributed by atoms with van der Waals surface area (Å²) < 4.78 is 0. The molecule has 23 heavy (non-hydrogen) atoms. The first kappa shape index (κ1) is 19.2. The average Bonchev–Trinajstić information content (AvgIpc) is 2.45. The fourth-order valence-electron chi connectivity index (χ4n) is 2.57. The number of hydrogen-bond acceptors (Lipinski definition) is 3. The largest absolute Gasteiger partial charge is 0.480 e. The van der Waals surface area contributed by atoms with Crippen LogP contribution in [0.2, 0.25) is 0 Å². The van der Waals surface area contributed by atoms with Gasteiger partial charge >= 0.3 is 5.97 Å². The van der Waals surface area contributed by atoms with E-state index in [-0.39, 0.29) is 18.4 Å². The van der Waals surface area contributed by atoms with Crippen molar-refractivity contribution in [2.24, 2.45) is 5.92 Å². The summed E-state index contributed by atoms with van der Waals surface area (Å²) in [6.07, 6.45) is 0.897. The predicted molar refractivity (Wildman–Crippen MR) is 91.5 cm³/mol. The third kappa shape index (κ3) is 6.02. The van der Waals surface area contributed by atoms with E-state index in [0.717, 1.165) is 17.5 Å². The van der Waals surface area contributed by atoms with Gasteiger partial charge in [-0.05, 0) is 44.5 Å². The molecule has 0 aliphatic carbocycles. The minimum atomic E-state index is -1.02. The van der Waals surface area contributed by atoms with E-state index in [4.69, 9.17) is 0 Å². The summed E-state index contributed by atoms with van der Waals surface area (Å²) in [5, 5.41) is 11.9. The zero-order valence-corrected chi connectivity index (χ0v) is 14.7. The molecular formula is C18H28N2O3. The lowest BCUT2D eigenvalue weighted by Gasteiger charge is -2.22. The Morgan fingerprint density at radius 1 is 1.17 bits per heavy atom. The van der Waals surface area contributed by atoms with Gasteiger partial charge in [-0.25, -0.2) is 4.79 Å². The highest BCUT2D eigenvalue weighted by molar-refractivity contribution is 5.88. The van der Waals surface area contributed by atoms with Gasteiger partial charge < -0.3 is 15.3 Å². The molecule has 0 saturated carbocycles. The zero-order chi connectivity index (χ0) is 17.6. The van der Waals surface area contributed by atoms with Crippen LogP contribution in [0.3, 0.4) is 0 Å². The lowest BCUT2D eigenvalue weighted by atomic mass is 9.90. The van der Waals surface area contributed by atoms with Gasteiger partial charge in [-0.2, -0.15) is 0 Å². The third-order valence-electron chi connectivity index (χ3n) is 3.71. The summed E-state index contributed by atoms with van der Waals surface area (Å²) in [6.45, 7) is 6.36.